The van der Waals surface area contributed by atoms with E-state index in [2.05, 4.69) is 15.3 Å². The fourth-order valence-corrected chi connectivity index (χ4v) is 2.42. The van der Waals surface area contributed by atoms with Crippen molar-refractivity contribution in [1.82, 2.24) is 24.5 Å². The van der Waals surface area contributed by atoms with E-state index >= 15 is 0 Å². The first-order chi connectivity index (χ1) is 10.2. The summed E-state index contributed by atoms with van der Waals surface area (Å²) < 4.78 is 13.5. The van der Waals surface area contributed by atoms with Crippen molar-refractivity contribution < 1.29 is 14.4 Å². The summed E-state index contributed by atoms with van der Waals surface area (Å²) in [6.07, 6.45) is 3.08. The Balaban J connectivity index is 2.03. The Hall–Kier alpha value is -2.03. The summed E-state index contributed by atoms with van der Waals surface area (Å²) >= 11 is 0. The quantitative estimate of drug-likeness (QED) is 0.580. The Labute approximate surface area is 124 Å². The number of nitrogens with one attached hydrogen (secondary N) is 1. The van der Waals surface area contributed by atoms with Gasteiger partial charge in [0, 0.05) is 18.3 Å². The van der Waals surface area contributed by atoms with Crippen LogP contribution in [0.3, 0.4) is 0 Å². The molecular weight excluding hydrogens is 313 g/mol. The minimum Gasteiger partial charge on any atom is -0.324 e. The average Bonchev–Trinajstić information content (AvgIpc) is 2.82. The maximum absolute atomic E-state index is 11.7. The van der Waals surface area contributed by atoms with Crippen LogP contribution in [0.15, 0.2) is 22.0 Å². The highest BCUT2D eigenvalue weighted by molar-refractivity contribution is 7.51. The molecule has 0 aliphatic heterocycles. The van der Waals surface area contributed by atoms with Gasteiger partial charge in [0.2, 0.25) is 0 Å². The van der Waals surface area contributed by atoms with E-state index in [9.17, 15) is 14.2 Å². The van der Waals surface area contributed by atoms with E-state index in [0.29, 0.717) is 17.8 Å². The number of aromatic amines is 1. The molecule has 120 valence electrons. The summed E-state index contributed by atoms with van der Waals surface area (Å²) in [6.45, 7) is 2.06. The molecule has 2 rings (SSSR count). The van der Waals surface area contributed by atoms with Crippen LogP contribution in [0.5, 0.6) is 0 Å². The molecule has 0 bridgehead atoms. The van der Waals surface area contributed by atoms with Crippen molar-refractivity contribution in [2.75, 3.05) is 6.16 Å². The lowest BCUT2D eigenvalue weighted by molar-refractivity contribution is 0.369. The summed E-state index contributed by atoms with van der Waals surface area (Å²) in [5.41, 5.74) is -0.0487. The summed E-state index contributed by atoms with van der Waals surface area (Å²) in [6, 6.07) is 0. The largest absolute Gasteiger partial charge is 0.328 e. The number of nitrogens with zero attached hydrogens (tertiary/aromatic N) is 4. The average molecular weight is 329 g/mol. The van der Waals surface area contributed by atoms with Gasteiger partial charge in [-0.1, -0.05) is 5.21 Å². The summed E-state index contributed by atoms with van der Waals surface area (Å²) in [5.74, 6) is 0. The Morgan fingerprint density at radius 1 is 1.32 bits per heavy atom. The molecule has 10 nitrogen and oxygen atoms in total. The van der Waals surface area contributed by atoms with E-state index in [4.69, 9.17) is 9.79 Å². The van der Waals surface area contributed by atoms with Crippen molar-refractivity contribution in [3.63, 3.8) is 0 Å². The van der Waals surface area contributed by atoms with Crippen LogP contribution in [0.2, 0.25) is 0 Å². The van der Waals surface area contributed by atoms with E-state index in [1.165, 1.54) is 15.4 Å². The molecule has 0 saturated heterocycles. The summed E-state index contributed by atoms with van der Waals surface area (Å²) in [5, 5.41) is 7.71. The molecule has 2 heterocycles. The smallest absolute Gasteiger partial charge is 0.324 e. The molecular formula is C11H16N5O5P. The van der Waals surface area contributed by atoms with Crippen molar-refractivity contribution in [3.8, 4) is 0 Å². The van der Waals surface area contributed by atoms with Crippen LogP contribution in [0, 0.1) is 6.92 Å². The predicted molar refractivity (Wildman–Crippen MR) is 76.7 cm³/mol. The minimum absolute atomic E-state index is 0.148. The van der Waals surface area contributed by atoms with Gasteiger partial charge in [-0.3, -0.25) is 23.6 Å². The third-order valence-electron chi connectivity index (χ3n) is 2.94. The molecule has 2 aromatic rings. The van der Waals surface area contributed by atoms with Crippen LogP contribution >= 0.6 is 7.60 Å². The van der Waals surface area contributed by atoms with E-state index in [1.807, 2.05) is 0 Å². The monoisotopic (exact) mass is 329 g/mol. The second-order valence-electron chi connectivity index (χ2n) is 4.91. The van der Waals surface area contributed by atoms with Crippen LogP contribution < -0.4 is 11.2 Å². The van der Waals surface area contributed by atoms with E-state index in [1.54, 1.807) is 13.1 Å². The number of aromatic nitrogens is 5. The highest BCUT2D eigenvalue weighted by Gasteiger charge is 2.12. The maximum atomic E-state index is 11.7. The van der Waals surface area contributed by atoms with Crippen molar-refractivity contribution >= 4 is 7.60 Å². The number of hydrogen-bond acceptors (Lipinski definition) is 5. The molecule has 0 radical (unpaired) electrons. The molecule has 3 N–H and O–H groups in total. The van der Waals surface area contributed by atoms with Gasteiger partial charge in [0.1, 0.15) is 5.69 Å². The fourth-order valence-electron chi connectivity index (χ4n) is 1.87. The molecule has 0 amide bonds. The van der Waals surface area contributed by atoms with E-state index in [0.717, 1.165) is 0 Å². The summed E-state index contributed by atoms with van der Waals surface area (Å²) in [7, 11) is -4.01. The zero-order chi connectivity index (χ0) is 16.3. The molecule has 0 unspecified atom stereocenters. The van der Waals surface area contributed by atoms with Crippen molar-refractivity contribution in [3.05, 3.63) is 44.5 Å². The molecule has 2 aromatic heterocycles. The Morgan fingerprint density at radius 3 is 2.73 bits per heavy atom. The molecule has 11 heteroatoms. The van der Waals surface area contributed by atoms with Gasteiger partial charge in [0.15, 0.2) is 0 Å². The first-order valence-corrected chi connectivity index (χ1v) is 8.28. The second kappa shape index (κ2) is 6.39. The molecule has 0 fully saturated rings. The maximum Gasteiger partial charge on any atom is 0.328 e. The SMILES string of the molecule is Cc1cn(Cc2cn(CCCP(=O)(O)O)nn2)c(=O)[nH]c1=O. The minimum atomic E-state index is -4.01. The van der Waals surface area contributed by atoms with Gasteiger partial charge < -0.3 is 9.79 Å². The van der Waals surface area contributed by atoms with Crippen molar-refractivity contribution in [2.45, 2.75) is 26.4 Å². The summed E-state index contributed by atoms with van der Waals surface area (Å²) in [4.78, 5) is 42.7. The second-order valence-corrected chi connectivity index (χ2v) is 6.69. The standard InChI is InChI=1S/C11H16N5O5P/c1-8-5-15(11(18)12-10(8)17)6-9-7-16(14-13-9)3-2-4-22(19,20)21/h5,7H,2-4,6H2,1H3,(H,12,17,18)(H2,19,20,21). The number of aryl methyl sites for hydroxylation is 2. The van der Waals surface area contributed by atoms with Crippen LogP contribution in [0.1, 0.15) is 17.7 Å². The third kappa shape index (κ3) is 4.48. The first-order valence-electron chi connectivity index (χ1n) is 6.48. The third-order valence-corrected chi connectivity index (χ3v) is 3.84. The van der Waals surface area contributed by atoms with Gasteiger partial charge >= 0.3 is 13.3 Å². The highest BCUT2D eigenvalue weighted by atomic mass is 31.2. The lowest BCUT2D eigenvalue weighted by atomic mass is 10.3. The molecule has 0 spiro atoms. The zero-order valence-corrected chi connectivity index (χ0v) is 12.7. The van der Waals surface area contributed by atoms with E-state index < -0.39 is 18.8 Å². The van der Waals surface area contributed by atoms with Crippen LogP contribution in [-0.2, 0) is 17.7 Å². The van der Waals surface area contributed by atoms with Crippen molar-refractivity contribution in [1.29, 1.82) is 0 Å². The van der Waals surface area contributed by atoms with Gasteiger partial charge in [-0.2, -0.15) is 0 Å². The molecule has 0 aliphatic carbocycles. The number of hydrogen-bond donors (Lipinski definition) is 3. The van der Waals surface area contributed by atoms with Gasteiger partial charge in [-0.05, 0) is 13.3 Å². The fraction of sp³-hybridized carbons (Fsp3) is 0.455. The lowest BCUT2D eigenvalue weighted by Gasteiger charge is -2.03. The molecule has 22 heavy (non-hydrogen) atoms. The molecule has 0 aromatic carbocycles. The van der Waals surface area contributed by atoms with Crippen LogP contribution in [0.4, 0.5) is 0 Å². The Bertz CT molecular complexity index is 817. The Morgan fingerprint density at radius 2 is 2.05 bits per heavy atom. The highest BCUT2D eigenvalue weighted by Crippen LogP contribution is 2.34. The van der Waals surface area contributed by atoms with E-state index in [-0.39, 0.29) is 19.1 Å². The van der Waals surface area contributed by atoms with Crippen molar-refractivity contribution in [2.24, 2.45) is 0 Å². The number of H-pyrrole nitrogens is 1. The first kappa shape index (κ1) is 16.3. The molecule has 0 atom stereocenters. The van der Waals surface area contributed by atoms with Gasteiger partial charge in [-0.15, -0.1) is 5.10 Å². The molecule has 0 saturated carbocycles. The van der Waals surface area contributed by atoms with Gasteiger partial charge in [0.05, 0.1) is 18.9 Å². The lowest BCUT2D eigenvalue weighted by Crippen LogP contribution is -2.31. The van der Waals surface area contributed by atoms with Gasteiger partial charge in [-0.25, -0.2) is 4.79 Å². The van der Waals surface area contributed by atoms with Crippen LogP contribution in [-0.4, -0.2) is 40.5 Å². The Kier molecular flexibility index (Phi) is 4.74. The van der Waals surface area contributed by atoms with Crippen LogP contribution in [0.25, 0.3) is 0 Å². The normalized spacial score (nSPS) is 11.8. The molecule has 0 aliphatic rings. The van der Waals surface area contributed by atoms with Gasteiger partial charge in [0.25, 0.3) is 5.56 Å². The zero-order valence-electron chi connectivity index (χ0n) is 11.8. The number of rotatable bonds is 6. The topological polar surface area (TPSA) is 143 Å². The predicted octanol–water partition coefficient (Wildman–Crippen LogP) is -0.947.